The molecule has 0 radical (unpaired) electrons. The number of rotatable bonds is 5. The van der Waals surface area contributed by atoms with E-state index in [2.05, 4.69) is 16.7 Å². The molecule has 2 heterocycles. The lowest BCUT2D eigenvalue weighted by atomic mass is 10.2. The lowest BCUT2D eigenvalue weighted by Crippen LogP contribution is -2.47. The van der Waals surface area contributed by atoms with Crippen LogP contribution >= 0.6 is 0 Å². The SMILES string of the molecule is CCCN1C[C@@H]2C[C@H]1CN2CCOC. The fourth-order valence-corrected chi connectivity index (χ4v) is 2.88. The van der Waals surface area contributed by atoms with Crippen LogP contribution in [0, 0.1) is 0 Å². The van der Waals surface area contributed by atoms with Gasteiger partial charge in [-0.05, 0) is 19.4 Å². The third-order valence-corrected chi connectivity index (χ3v) is 3.56. The van der Waals surface area contributed by atoms with Gasteiger partial charge in [-0.15, -0.1) is 0 Å². The molecular weight excluding hydrogens is 176 g/mol. The minimum absolute atomic E-state index is 0.821. The van der Waals surface area contributed by atoms with Gasteiger partial charge in [0.2, 0.25) is 0 Å². The summed E-state index contributed by atoms with van der Waals surface area (Å²) in [7, 11) is 1.79. The molecule has 2 atom stereocenters. The highest BCUT2D eigenvalue weighted by molar-refractivity contribution is 4.99. The molecule has 2 aliphatic rings. The largest absolute Gasteiger partial charge is 0.383 e. The summed E-state index contributed by atoms with van der Waals surface area (Å²) in [5.74, 6) is 0. The summed E-state index contributed by atoms with van der Waals surface area (Å²) < 4.78 is 5.13. The molecule has 0 aromatic heterocycles. The smallest absolute Gasteiger partial charge is 0.0589 e. The first-order valence-corrected chi connectivity index (χ1v) is 5.82. The molecule has 0 aromatic carbocycles. The van der Waals surface area contributed by atoms with Crippen LogP contribution in [-0.4, -0.2) is 61.8 Å². The maximum Gasteiger partial charge on any atom is 0.0589 e. The molecule has 2 fully saturated rings. The number of piperazine rings is 1. The van der Waals surface area contributed by atoms with Gasteiger partial charge >= 0.3 is 0 Å². The summed E-state index contributed by atoms with van der Waals surface area (Å²) in [4.78, 5) is 5.26. The Morgan fingerprint density at radius 1 is 1.14 bits per heavy atom. The van der Waals surface area contributed by atoms with Crippen LogP contribution in [0.4, 0.5) is 0 Å². The normalized spacial score (nSPS) is 33.0. The number of ether oxygens (including phenoxy) is 1. The van der Waals surface area contributed by atoms with E-state index >= 15 is 0 Å². The predicted molar refractivity (Wildman–Crippen MR) is 57.5 cm³/mol. The molecule has 2 bridgehead atoms. The van der Waals surface area contributed by atoms with Crippen LogP contribution in [-0.2, 0) is 4.74 Å². The quantitative estimate of drug-likeness (QED) is 0.650. The summed E-state index contributed by atoms with van der Waals surface area (Å²) in [5.41, 5.74) is 0. The van der Waals surface area contributed by atoms with Crippen LogP contribution in [0.25, 0.3) is 0 Å². The van der Waals surface area contributed by atoms with Crippen molar-refractivity contribution in [2.75, 3.05) is 39.9 Å². The summed E-state index contributed by atoms with van der Waals surface area (Å²) in [6, 6.07) is 1.67. The second-order valence-electron chi connectivity index (χ2n) is 4.53. The van der Waals surface area contributed by atoms with Crippen molar-refractivity contribution in [2.24, 2.45) is 0 Å². The van der Waals surface area contributed by atoms with Crippen molar-refractivity contribution >= 4 is 0 Å². The van der Waals surface area contributed by atoms with E-state index in [-0.39, 0.29) is 0 Å². The van der Waals surface area contributed by atoms with Crippen LogP contribution < -0.4 is 0 Å². The molecule has 0 saturated carbocycles. The monoisotopic (exact) mass is 198 g/mol. The second kappa shape index (κ2) is 4.60. The Hall–Kier alpha value is -0.120. The third-order valence-electron chi connectivity index (χ3n) is 3.56. The van der Waals surface area contributed by atoms with Gasteiger partial charge < -0.3 is 4.74 Å². The van der Waals surface area contributed by atoms with E-state index in [1.54, 1.807) is 7.11 Å². The minimum atomic E-state index is 0.821. The first kappa shape index (κ1) is 10.4. The van der Waals surface area contributed by atoms with Crippen molar-refractivity contribution in [3.05, 3.63) is 0 Å². The molecule has 0 aliphatic carbocycles. The highest BCUT2D eigenvalue weighted by atomic mass is 16.5. The summed E-state index contributed by atoms with van der Waals surface area (Å²) in [5, 5.41) is 0. The molecule has 2 aliphatic heterocycles. The number of methoxy groups -OCH3 is 1. The van der Waals surface area contributed by atoms with E-state index < -0.39 is 0 Å². The van der Waals surface area contributed by atoms with E-state index in [1.807, 2.05) is 0 Å². The Bertz CT molecular complexity index is 186. The van der Waals surface area contributed by atoms with Gasteiger partial charge in [-0.3, -0.25) is 9.80 Å². The molecule has 14 heavy (non-hydrogen) atoms. The van der Waals surface area contributed by atoms with Gasteiger partial charge in [-0.2, -0.15) is 0 Å². The average molecular weight is 198 g/mol. The molecule has 82 valence electrons. The number of likely N-dealkylation sites (tertiary alicyclic amines) is 2. The fourth-order valence-electron chi connectivity index (χ4n) is 2.88. The van der Waals surface area contributed by atoms with Crippen molar-refractivity contribution < 1.29 is 4.74 Å². The maximum atomic E-state index is 5.13. The van der Waals surface area contributed by atoms with Crippen LogP contribution in [0.5, 0.6) is 0 Å². The lowest BCUT2D eigenvalue weighted by Gasteiger charge is -2.33. The van der Waals surface area contributed by atoms with Crippen molar-refractivity contribution in [1.29, 1.82) is 0 Å². The van der Waals surface area contributed by atoms with E-state index in [1.165, 1.54) is 32.5 Å². The zero-order chi connectivity index (χ0) is 9.97. The van der Waals surface area contributed by atoms with Crippen molar-refractivity contribution in [2.45, 2.75) is 31.8 Å². The molecule has 3 nitrogen and oxygen atoms in total. The van der Waals surface area contributed by atoms with Gasteiger partial charge in [0.15, 0.2) is 0 Å². The first-order valence-electron chi connectivity index (χ1n) is 5.82. The number of hydrogen-bond acceptors (Lipinski definition) is 3. The molecule has 2 saturated heterocycles. The molecule has 3 heteroatoms. The standard InChI is InChI=1S/C11H22N2O/c1-3-4-12-8-11-7-10(12)9-13(11)5-6-14-2/h10-11H,3-9H2,1-2H3/t10-,11-/m0/s1. The fraction of sp³-hybridized carbons (Fsp3) is 1.00. The van der Waals surface area contributed by atoms with Gasteiger partial charge in [0.1, 0.15) is 0 Å². The van der Waals surface area contributed by atoms with E-state index in [0.717, 1.165) is 25.2 Å². The number of nitrogens with zero attached hydrogens (tertiary/aromatic N) is 2. The van der Waals surface area contributed by atoms with Crippen LogP contribution in [0.15, 0.2) is 0 Å². The predicted octanol–water partition coefficient (Wildman–Crippen LogP) is 0.801. The zero-order valence-corrected chi connectivity index (χ0v) is 9.41. The average Bonchev–Trinajstić information content (AvgIpc) is 2.74. The van der Waals surface area contributed by atoms with Gasteiger partial charge in [0.25, 0.3) is 0 Å². The van der Waals surface area contributed by atoms with E-state index in [4.69, 9.17) is 4.74 Å². The number of hydrogen-bond donors (Lipinski definition) is 0. The summed E-state index contributed by atoms with van der Waals surface area (Å²) >= 11 is 0. The van der Waals surface area contributed by atoms with Gasteiger partial charge in [0, 0.05) is 38.8 Å². The molecule has 0 unspecified atom stereocenters. The minimum Gasteiger partial charge on any atom is -0.383 e. The topological polar surface area (TPSA) is 15.7 Å². The Kier molecular flexibility index (Phi) is 3.42. The van der Waals surface area contributed by atoms with Crippen LogP contribution in [0.2, 0.25) is 0 Å². The Morgan fingerprint density at radius 3 is 2.29 bits per heavy atom. The molecular formula is C11H22N2O. The highest BCUT2D eigenvalue weighted by Gasteiger charge is 2.41. The van der Waals surface area contributed by atoms with Gasteiger partial charge in [-0.1, -0.05) is 6.92 Å². The summed E-state index contributed by atoms with van der Waals surface area (Å²) in [6.45, 7) is 8.14. The third kappa shape index (κ3) is 1.95. The molecule has 2 rings (SSSR count). The first-order chi connectivity index (χ1) is 6.85. The zero-order valence-electron chi connectivity index (χ0n) is 9.41. The van der Waals surface area contributed by atoms with Crippen LogP contribution in [0.1, 0.15) is 19.8 Å². The van der Waals surface area contributed by atoms with Crippen molar-refractivity contribution in [1.82, 2.24) is 9.80 Å². The Balaban J connectivity index is 1.78. The maximum absolute atomic E-state index is 5.13. The second-order valence-corrected chi connectivity index (χ2v) is 4.53. The Morgan fingerprint density at radius 2 is 1.79 bits per heavy atom. The van der Waals surface area contributed by atoms with Crippen LogP contribution in [0.3, 0.4) is 0 Å². The molecule has 0 spiro atoms. The molecule has 0 amide bonds. The molecule has 0 aromatic rings. The summed E-state index contributed by atoms with van der Waals surface area (Å²) in [6.07, 6.45) is 2.69. The lowest BCUT2D eigenvalue weighted by molar-refractivity contribution is 0.0939. The van der Waals surface area contributed by atoms with Gasteiger partial charge in [-0.25, -0.2) is 0 Å². The van der Waals surface area contributed by atoms with E-state index in [0.29, 0.717) is 0 Å². The van der Waals surface area contributed by atoms with Gasteiger partial charge in [0.05, 0.1) is 6.61 Å². The van der Waals surface area contributed by atoms with Crippen molar-refractivity contribution in [3.8, 4) is 0 Å². The van der Waals surface area contributed by atoms with Crippen molar-refractivity contribution in [3.63, 3.8) is 0 Å². The molecule has 0 N–H and O–H groups in total. The Labute approximate surface area is 87.0 Å². The number of fused-ring (bicyclic) bond motifs is 2. The highest BCUT2D eigenvalue weighted by Crippen LogP contribution is 2.30. The van der Waals surface area contributed by atoms with E-state index in [9.17, 15) is 0 Å².